The van der Waals surface area contributed by atoms with Crippen molar-refractivity contribution in [2.24, 2.45) is 0 Å². The Morgan fingerprint density at radius 1 is 1.24 bits per heavy atom. The fourth-order valence-corrected chi connectivity index (χ4v) is 3.95. The Bertz CT molecular complexity index is 1060. The van der Waals surface area contributed by atoms with Crippen LogP contribution >= 0.6 is 0 Å². The molecule has 0 N–H and O–H groups in total. The summed E-state index contributed by atoms with van der Waals surface area (Å²) in [5.41, 5.74) is 4.32. The number of ether oxygens (including phenoxy) is 1. The first-order valence-electron chi connectivity index (χ1n) is 9.92. The number of amides is 1. The lowest BCUT2D eigenvalue weighted by atomic mass is 9.87. The number of aryl methyl sites for hydroxylation is 2. The van der Waals surface area contributed by atoms with E-state index in [0.29, 0.717) is 17.6 Å². The smallest absolute Gasteiger partial charge is 0.338 e. The van der Waals surface area contributed by atoms with Crippen LogP contribution in [0.4, 0.5) is 0 Å². The molecule has 0 spiro atoms. The number of esters is 1. The maximum Gasteiger partial charge on any atom is 0.338 e. The van der Waals surface area contributed by atoms with Gasteiger partial charge in [-0.1, -0.05) is 29.5 Å². The van der Waals surface area contributed by atoms with E-state index in [4.69, 9.17) is 4.74 Å². The molecule has 1 amide bonds. The predicted octanol–water partition coefficient (Wildman–Crippen LogP) is 3.14. The summed E-state index contributed by atoms with van der Waals surface area (Å²) in [5, 5.41) is 8.10. The van der Waals surface area contributed by atoms with Crippen LogP contribution in [0, 0.1) is 0 Å². The molecule has 1 heterocycles. The minimum atomic E-state index is -0.538. The minimum Gasteiger partial charge on any atom is -0.452 e. The quantitative estimate of drug-likeness (QED) is 0.624. The van der Waals surface area contributed by atoms with E-state index in [0.717, 1.165) is 24.8 Å². The van der Waals surface area contributed by atoms with Crippen molar-refractivity contribution in [3.05, 3.63) is 59.2 Å². The van der Waals surface area contributed by atoms with Crippen LogP contribution in [0.15, 0.2) is 42.5 Å². The van der Waals surface area contributed by atoms with Crippen molar-refractivity contribution >= 4 is 22.9 Å². The number of carbonyl (C=O) groups is 2. The largest absolute Gasteiger partial charge is 0.452 e. The zero-order valence-corrected chi connectivity index (χ0v) is 16.7. The number of hydrogen-bond donors (Lipinski definition) is 0. The molecule has 0 unspecified atom stereocenters. The second-order valence-electron chi connectivity index (χ2n) is 7.30. The Kier molecular flexibility index (Phi) is 5.29. The summed E-state index contributed by atoms with van der Waals surface area (Å²) in [6.45, 7) is 2.39. The Balaban J connectivity index is 1.41. The average molecular weight is 392 g/mol. The van der Waals surface area contributed by atoms with Gasteiger partial charge in [0.2, 0.25) is 0 Å². The van der Waals surface area contributed by atoms with E-state index in [-0.39, 0.29) is 18.6 Å². The third-order valence-corrected chi connectivity index (χ3v) is 5.57. The summed E-state index contributed by atoms with van der Waals surface area (Å²) in [6.07, 6.45) is 2.99. The van der Waals surface area contributed by atoms with Crippen LogP contribution in [-0.2, 0) is 22.5 Å². The highest BCUT2D eigenvalue weighted by molar-refractivity contribution is 5.94. The van der Waals surface area contributed by atoms with Crippen molar-refractivity contribution in [3.8, 4) is 0 Å². The summed E-state index contributed by atoms with van der Waals surface area (Å²) < 4.78 is 7.04. The monoisotopic (exact) mass is 392 g/mol. The van der Waals surface area contributed by atoms with E-state index in [1.54, 1.807) is 34.8 Å². The van der Waals surface area contributed by atoms with Gasteiger partial charge in [0.05, 0.1) is 17.1 Å². The van der Waals surface area contributed by atoms with Crippen molar-refractivity contribution in [1.29, 1.82) is 0 Å². The molecule has 0 bridgehead atoms. The van der Waals surface area contributed by atoms with E-state index in [1.807, 2.05) is 19.1 Å². The molecule has 0 radical (unpaired) electrons. The Morgan fingerprint density at radius 2 is 2.07 bits per heavy atom. The molecular weight excluding hydrogens is 368 g/mol. The van der Waals surface area contributed by atoms with E-state index < -0.39 is 5.97 Å². The van der Waals surface area contributed by atoms with Crippen LogP contribution in [0.5, 0.6) is 0 Å². The van der Waals surface area contributed by atoms with Crippen molar-refractivity contribution in [2.75, 3.05) is 13.7 Å². The first kappa shape index (κ1) is 19.1. The predicted molar refractivity (Wildman–Crippen MR) is 108 cm³/mol. The van der Waals surface area contributed by atoms with Crippen LogP contribution in [0.3, 0.4) is 0 Å². The zero-order chi connectivity index (χ0) is 20.4. The molecule has 0 saturated carbocycles. The Morgan fingerprint density at radius 3 is 2.90 bits per heavy atom. The number of fused-ring (bicyclic) bond motifs is 2. The molecule has 4 rings (SSSR count). The zero-order valence-electron chi connectivity index (χ0n) is 16.7. The summed E-state index contributed by atoms with van der Waals surface area (Å²) in [5.74, 6) is -0.748. The lowest BCUT2D eigenvalue weighted by Crippen LogP contribution is -2.36. The summed E-state index contributed by atoms with van der Waals surface area (Å²) in [7, 11) is 1.78. The molecule has 0 aliphatic heterocycles. The van der Waals surface area contributed by atoms with Gasteiger partial charge >= 0.3 is 5.97 Å². The van der Waals surface area contributed by atoms with Gasteiger partial charge in [0, 0.05) is 13.6 Å². The molecule has 29 heavy (non-hydrogen) atoms. The molecule has 1 aliphatic carbocycles. The second kappa shape index (κ2) is 8.03. The highest BCUT2D eigenvalue weighted by atomic mass is 16.5. The lowest BCUT2D eigenvalue weighted by Gasteiger charge is -2.33. The number of hydrogen-bond acceptors (Lipinski definition) is 5. The van der Waals surface area contributed by atoms with Gasteiger partial charge in [-0.05, 0) is 55.5 Å². The fourth-order valence-electron chi connectivity index (χ4n) is 3.95. The lowest BCUT2D eigenvalue weighted by molar-refractivity contribution is -0.135. The highest BCUT2D eigenvalue weighted by Gasteiger charge is 2.27. The number of nitrogens with zero attached hydrogens (tertiary/aromatic N) is 4. The van der Waals surface area contributed by atoms with Gasteiger partial charge < -0.3 is 9.64 Å². The van der Waals surface area contributed by atoms with Gasteiger partial charge in [0.15, 0.2) is 6.61 Å². The highest BCUT2D eigenvalue weighted by Crippen LogP contribution is 2.33. The summed E-state index contributed by atoms with van der Waals surface area (Å²) >= 11 is 0. The van der Waals surface area contributed by atoms with E-state index in [9.17, 15) is 9.59 Å². The second-order valence-corrected chi connectivity index (χ2v) is 7.30. The maximum atomic E-state index is 12.7. The molecule has 7 nitrogen and oxygen atoms in total. The van der Waals surface area contributed by atoms with Crippen molar-refractivity contribution in [2.45, 2.75) is 38.8 Å². The van der Waals surface area contributed by atoms with Crippen LogP contribution < -0.4 is 0 Å². The molecule has 7 heteroatoms. The number of carbonyl (C=O) groups excluding carboxylic acids is 2. The fraction of sp³-hybridized carbons (Fsp3) is 0.364. The number of rotatable bonds is 5. The van der Waals surface area contributed by atoms with Crippen LogP contribution in [-0.4, -0.2) is 45.4 Å². The van der Waals surface area contributed by atoms with E-state index in [1.165, 1.54) is 11.1 Å². The van der Waals surface area contributed by atoms with Gasteiger partial charge in [-0.3, -0.25) is 4.79 Å². The van der Waals surface area contributed by atoms with Crippen LogP contribution in [0.2, 0.25) is 0 Å². The van der Waals surface area contributed by atoms with Crippen LogP contribution in [0.1, 0.15) is 47.3 Å². The van der Waals surface area contributed by atoms with Gasteiger partial charge in [-0.15, -0.1) is 5.10 Å². The minimum absolute atomic E-state index is 0.0200. The number of aromatic nitrogens is 3. The molecule has 1 atom stereocenters. The molecular formula is C22H24N4O3. The first-order chi connectivity index (χ1) is 14.1. The Labute approximate surface area is 169 Å². The van der Waals surface area contributed by atoms with Crippen molar-refractivity contribution in [3.63, 3.8) is 0 Å². The first-order valence-corrected chi connectivity index (χ1v) is 9.92. The number of likely N-dealkylation sites (N-methyl/N-ethyl adjacent to an activating group) is 1. The van der Waals surface area contributed by atoms with Gasteiger partial charge in [-0.2, -0.15) is 0 Å². The third-order valence-electron chi connectivity index (χ3n) is 5.57. The Hall–Kier alpha value is -3.22. The van der Waals surface area contributed by atoms with Crippen molar-refractivity contribution < 1.29 is 14.3 Å². The third kappa shape index (κ3) is 3.72. The molecule has 3 aromatic rings. The number of benzene rings is 2. The standard InChI is InChI=1S/C22H24N4O3/c1-3-26-20-12-11-16(13-18(20)23-24-26)22(28)29-14-21(27)25(2)19-10-6-8-15-7-4-5-9-17(15)19/h4-5,7,9,11-13,19H,3,6,8,10,14H2,1-2H3/t19-/m0/s1. The summed E-state index contributed by atoms with van der Waals surface area (Å²) in [6, 6.07) is 13.3. The van der Waals surface area contributed by atoms with Gasteiger partial charge in [0.1, 0.15) is 5.52 Å². The molecule has 1 aliphatic rings. The normalized spacial score (nSPS) is 15.7. The average Bonchev–Trinajstić information content (AvgIpc) is 3.18. The maximum absolute atomic E-state index is 12.7. The SMILES string of the molecule is CCn1nnc2cc(C(=O)OCC(=O)N(C)[C@H]3CCCc4ccccc43)ccc21. The van der Waals surface area contributed by atoms with Crippen LogP contribution in [0.25, 0.3) is 11.0 Å². The molecule has 2 aromatic carbocycles. The van der Waals surface area contributed by atoms with Gasteiger partial charge in [0.25, 0.3) is 5.91 Å². The molecule has 150 valence electrons. The molecule has 0 fully saturated rings. The van der Waals surface area contributed by atoms with Crippen molar-refractivity contribution in [1.82, 2.24) is 19.9 Å². The van der Waals surface area contributed by atoms with E-state index >= 15 is 0 Å². The topological polar surface area (TPSA) is 77.3 Å². The molecule has 0 saturated heterocycles. The molecule has 1 aromatic heterocycles. The van der Waals surface area contributed by atoms with E-state index in [2.05, 4.69) is 22.4 Å². The summed E-state index contributed by atoms with van der Waals surface area (Å²) in [4.78, 5) is 26.8. The van der Waals surface area contributed by atoms with Gasteiger partial charge in [-0.25, -0.2) is 9.48 Å².